The van der Waals surface area contributed by atoms with Gasteiger partial charge in [0.2, 0.25) is 0 Å². The summed E-state index contributed by atoms with van der Waals surface area (Å²) in [5.74, 6) is -0.793. The largest absolute Gasteiger partial charge is 0.481 e. The van der Waals surface area contributed by atoms with E-state index < -0.39 is 5.97 Å². The molecule has 0 radical (unpaired) electrons. The molecule has 20 heavy (non-hydrogen) atoms. The highest BCUT2D eigenvalue weighted by Gasteiger charge is 2.26. The van der Waals surface area contributed by atoms with Crippen molar-refractivity contribution in [2.24, 2.45) is 0 Å². The van der Waals surface area contributed by atoms with Gasteiger partial charge in [-0.1, -0.05) is 13.3 Å². The van der Waals surface area contributed by atoms with E-state index in [0.717, 1.165) is 28.5 Å². The first-order chi connectivity index (χ1) is 9.51. The molecule has 1 aliphatic rings. The summed E-state index contributed by atoms with van der Waals surface area (Å²) < 4.78 is 0. The quantitative estimate of drug-likeness (QED) is 0.907. The molecular formula is C15H24N2O2S. The van der Waals surface area contributed by atoms with Crippen LogP contribution >= 0.6 is 11.3 Å². The molecule has 0 saturated carbocycles. The third-order valence-corrected chi connectivity index (χ3v) is 5.37. The normalized spacial score (nSPS) is 23.9. The molecule has 1 aromatic rings. The highest BCUT2D eigenvalue weighted by atomic mass is 32.1. The number of nitrogens with zero attached hydrogens (tertiary/aromatic N) is 2. The van der Waals surface area contributed by atoms with E-state index in [-0.39, 0.29) is 6.42 Å². The zero-order valence-corrected chi connectivity index (χ0v) is 13.4. The number of piperidine rings is 1. The van der Waals surface area contributed by atoms with Crippen LogP contribution in [0.25, 0.3) is 0 Å². The van der Waals surface area contributed by atoms with Gasteiger partial charge in [0.05, 0.1) is 17.1 Å². The van der Waals surface area contributed by atoms with Crippen molar-refractivity contribution in [2.45, 2.75) is 71.5 Å². The second-order valence-electron chi connectivity index (χ2n) is 5.70. The molecular weight excluding hydrogens is 272 g/mol. The van der Waals surface area contributed by atoms with Gasteiger partial charge in [-0.25, -0.2) is 4.98 Å². The Morgan fingerprint density at radius 3 is 2.60 bits per heavy atom. The summed E-state index contributed by atoms with van der Waals surface area (Å²) in [6.45, 7) is 7.46. The van der Waals surface area contributed by atoms with Crippen LogP contribution in [0, 0.1) is 0 Å². The first kappa shape index (κ1) is 15.4. The molecule has 0 spiro atoms. The number of aromatic nitrogens is 1. The van der Waals surface area contributed by atoms with Crippen molar-refractivity contribution in [1.29, 1.82) is 0 Å². The minimum absolute atomic E-state index is 0.0441. The summed E-state index contributed by atoms with van der Waals surface area (Å²) in [6.07, 6.45) is 4.69. The number of carboxylic acids is 1. The Morgan fingerprint density at radius 2 is 2.05 bits per heavy atom. The molecule has 2 heterocycles. The van der Waals surface area contributed by atoms with Crippen molar-refractivity contribution in [3.8, 4) is 0 Å². The fourth-order valence-electron chi connectivity index (χ4n) is 2.95. The van der Waals surface area contributed by atoms with Crippen molar-refractivity contribution in [3.05, 3.63) is 15.6 Å². The molecule has 1 aliphatic heterocycles. The molecule has 5 heteroatoms. The first-order valence-corrected chi connectivity index (χ1v) is 8.27. The number of rotatable bonds is 5. The highest BCUT2D eigenvalue weighted by Crippen LogP contribution is 2.28. The second kappa shape index (κ2) is 6.68. The summed E-state index contributed by atoms with van der Waals surface area (Å²) >= 11 is 1.68. The van der Waals surface area contributed by atoms with E-state index in [1.807, 2.05) is 0 Å². The molecule has 0 aromatic carbocycles. The fraction of sp³-hybridized carbons (Fsp3) is 0.733. The summed E-state index contributed by atoms with van der Waals surface area (Å²) in [4.78, 5) is 19.1. The lowest BCUT2D eigenvalue weighted by Crippen LogP contribution is -2.42. The van der Waals surface area contributed by atoms with Crippen molar-refractivity contribution in [2.75, 3.05) is 0 Å². The van der Waals surface area contributed by atoms with Crippen LogP contribution < -0.4 is 0 Å². The smallest absolute Gasteiger partial charge is 0.309 e. The molecule has 2 rings (SSSR count). The number of likely N-dealkylation sites (tertiary alicyclic amines) is 1. The van der Waals surface area contributed by atoms with E-state index >= 15 is 0 Å². The van der Waals surface area contributed by atoms with Crippen LogP contribution in [0.4, 0.5) is 0 Å². The Kier molecular flexibility index (Phi) is 5.16. The van der Waals surface area contributed by atoms with Crippen LogP contribution in [0.1, 0.15) is 55.6 Å². The molecule has 112 valence electrons. The second-order valence-corrected chi connectivity index (χ2v) is 6.87. The van der Waals surface area contributed by atoms with Gasteiger partial charge in [0, 0.05) is 23.5 Å². The van der Waals surface area contributed by atoms with Crippen molar-refractivity contribution in [3.63, 3.8) is 0 Å². The van der Waals surface area contributed by atoms with Crippen molar-refractivity contribution >= 4 is 17.3 Å². The van der Waals surface area contributed by atoms with Gasteiger partial charge in [-0.3, -0.25) is 9.69 Å². The Balaban J connectivity index is 2.18. The Bertz CT molecular complexity index is 462. The van der Waals surface area contributed by atoms with E-state index in [9.17, 15) is 4.79 Å². The monoisotopic (exact) mass is 296 g/mol. The predicted octanol–water partition coefficient (Wildman–Crippen LogP) is 3.10. The van der Waals surface area contributed by atoms with Crippen LogP contribution in [0.15, 0.2) is 0 Å². The average Bonchev–Trinajstić information content (AvgIpc) is 2.75. The lowest BCUT2D eigenvalue weighted by molar-refractivity contribution is -0.136. The van der Waals surface area contributed by atoms with Gasteiger partial charge in [-0.15, -0.1) is 11.3 Å². The van der Waals surface area contributed by atoms with Crippen LogP contribution in [-0.4, -0.2) is 33.0 Å². The molecule has 0 bridgehead atoms. The maximum Gasteiger partial charge on any atom is 0.309 e. The van der Waals surface area contributed by atoms with Gasteiger partial charge in [-0.2, -0.15) is 0 Å². The summed E-state index contributed by atoms with van der Waals surface area (Å²) in [5, 5.41) is 10.1. The summed E-state index contributed by atoms with van der Waals surface area (Å²) in [6, 6.07) is 1.15. The maximum atomic E-state index is 11.0. The standard InChI is InChI=1S/C15H24N2O2S/c1-4-14-16-12(8-15(18)19)13(20-14)9-17-10(2)6-5-7-11(17)3/h10-11H,4-9H2,1-3H3,(H,18,19). The molecule has 1 aromatic heterocycles. The number of aliphatic carboxylic acids is 1. The molecule has 1 N–H and O–H groups in total. The highest BCUT2D eigenvalue weighted by molar-refractivity contribution is 7.11. The average molecular weight is 296 g/mol. The topological polar surface area (TPSA) is 53.4 Å². The lowest BCUT2D eigenvalue weighted by atomic mass is 9.97. The molecule has 4 nitrogen and oxygen atoms in total. The molecule has 1 fully saturated rings. The maximum absolute atomic E-state index is 11.0. The molecule has 0 aliphatic carbocycles. The van der Waals surface area contributed by atoms with Gasteiger partial charge < -0.3 is 5.11 Å². The van der Waals surface area contributed by atoms with Gasteiger partial charge in [0.25, 0.3) is 0 Å². The lowest BCUT2D eigenvalue weighted by Gasteiger charge is -2.38. The number of carboxylic acid groups (broad SMARTS) is 1. The van der Waals surface area contributed by atoms with Crippen LogP contribution in [0.3, 0.4) is 0 Å². The fourth-order valence-corrected chi connectivity index (χ4v) is 3.98. The van der Waals surface area contributed by atoms with E-state index in [1.54, 1.807) is 11.3 Å². The van der Waals surface area contributed by atoms with Crippen molar-refractivity contribution in [1.82, 2.24) is 9.88 Å². The zero-order valence-electron chi connectivity index (χ0n) is 12.6. The van der Waals surface area contributed by atoms with Crippen molar-refractivity contribution < 1.29 is 9.90 Å². The molecule has 2 atom stereocenters. The van der Waals surface area contributed by atoms with E-state index in [1.165, 1.54) is 19.3 Å². The van der Waals surface area contributed by atoms with Gasteiger partial charge in [-0.05, 0) is 33.1 Å². The third kappa shape index (κ3) is 3.58. The molecule has 1 saturated heterocycles. The number of hydrogen-bond donors (Lipinski definition) is 1. The minimum atomic E-state index is -0.793. The predicted molar refractivity (Wildman–Crippen MR) is 81.1 cm³/mol. The Hall–Kier alpha value is -0.940. The van der Waals surface area contributed by atoms with Gasteiger partial charge in [0.15, 0.2) is 0 Å². The molecule has 0 amide bonds. The summed E-state index contributed by atoms with van der Waals surface area (Å²) in [7, 11) is 0. The minimum Gasteiger partial charge on any atom is -0.481 e. The van der Waals surface area contributed by atoms with Crippen LogP contribution in [0.5, 0.6) is 0 Å². The van der Waals surface area contributed by atoms with E-state index in [2.05, 4.69) is 30.7 Å². The van der Waals surface area contributed by atoms with E-state index in [4.69, 9.17) is 5.11 Å². The van der Waals surface area contributed by atoms with Gasteiger partial charge >= 0.3 is 5.97 Å². The Morgan fingerprint density at radius 1 is 1.40 bits per heavy atom. The summed E-state index contributed by atoms with van der Waals surface area (Å²) in [5.41, 5.74) is 0.768. The zero-order chi connectivity index (χ0) is 14.7. The SMILES string of the molecule is CCc1nc(CC(=O)O)c(CN2C(C)CCCC2C)s1. The van der Waals surface area contributed by atoms with E-state index in [0.29, 0.717) is 12.1 Å². The van der Waals surface area contributed by atoms with Crippen LogP contribution in [-0.2, 0) is 24.2 Å². The number of aryl methyl sites for hydroxylation is 1. The number of carbonyl (C=O) groups is 1. The van der Waals surface area contributed by atoms with Gasteiger partial charge in [0.1, 0.15) is 0 Å². The number of thiazole rings is 1. The first-order valence-electron chi connectivity index (χ1n) is 7.46. The van der Waals surface area contributed by atoms with Crippen LogP contribution in [0.2, 0.25) is 0 Å². The Labute approximate surface area is 124 Å². The third-order valence-electron chi connectivity index (χ3n) is 4.15. The number of hydrogen-bond acceptors (Lipinski definition) is 4. The molecule has 2 unspecified atom stereocenters.